The highest BCUT2D eigenvalue weighted by Crippen LogP contribution is 2.27. The number of rotatable bonds is 7. The topological polar surface area (TPSA) is 56.6 Å². The molecule has 2 aromatic carbocycles. The number of ether oxygens (including phenoxy) is 2. The monoisotopic (exact) mass is 397 g/mol. The van der Waals surface area contributed by atoms with Crippen molar-refractivity contribution in [3.8, 4) is 22.8 Å². The second kappa shape index (κ2) is 8.77. The molecule has 1 heterocycles. The maximum atomic E-state index is 13.1. The van der Waals surface area contributed by atoms with Crippen LogP contribution < -0.4 is 9.47 Å². The van der Waals surface area contributed by atoms with E-state index in [1.807, 2.05) is 18.2 Å². The van der Waals surface area contributed by atoms with Crippen LogP contribution in [0.3, 0.4) is 0 Å². The number of methoxy groups -OCH3 is 2. The summed E-state index contributed by atoms with van der Waals surface area (Å²) in [5.41, 5.74) is 2.90. The van der Waals surface area contributed by atoms with Crippen LogP contribution in [0.25, 0.3) is 11.3 Å². The highest BCUT2D eigenvalue weighted by atomic mass is 19.1. The number of carbonyl (C=O) groups excluding carboxylic acids is 1. The molecular weight excluding hydrogens is 373 g/mol. The number of nitrogens with zero attached hydrogens (tertiary/aromatic N) is 3. The molecule has 0 bridgehead atoms. The van der Waals surface area contributed by atoms with Gasteiger partial charge in [0.2, 0.25) is 0 Å². The molecule has 0 spiro atoms. The summed E-state index contributed by atoms with van der Waals surface area (Å²) in [4.78, 5) is 14.5. The third-order valence-electron chi connectivity index (χ3n) is 4.77. The molecule has 6 nitrogen and oxygen atoms in total. The number of aryl methyl sites for hydroxylation is 1. The molecule has 0 saturated heterocycles. The van der Waals surface area contributed by atoms with Crippen LogP contribution in [0.4, 0.5) is 4.39 Å². The van der Waals surface area contributed by atoms with Crippen LogP contribution in [0.1, 0.15) is 16.1 Å². The number of halogens is 1. The van der Waals surface area contributed by atoms with Crippen LogP contribution in [-0.2, 0) is 13.5 Å². The zero-order chi connectivity index (χ0) is 21.0. The summed E-state index contributed by atoms with van der Waals surface area (Å²) < 4.78 is 25.3. The average Bonchev–Trinajstić information content (AvgIpc) is 3.13. The molecule has 0 aliphatic carbocycles. The quantitative estimate of drug-likeness (QED) is 0.612. The fraction of sp³-hybridized carbons (Fsp3) is 0.273. The van der Waals surface area contributed by atoms with Crippen molar-refractivity contribution in [2.45, 2.75) is 6.42 Å². The first-order valence-corrected chi connectivity index (χ1v) is 9.19. The molecule has 1 aromatic heterocycles. The Morgan fingerprint density at radius 2 is 1.76 bits per heavy atom. The molecule has 0 aliphatic rings. The molecule has 0 radical (unpaired) electrons. The summed E-state index contributed by atoms with van der Waals surface area (Å²) in [7, 11) is 6.67. The SMILES string of the molecule is COc1ccc(CCN(C)C(=O)c2cc(-c3ccc(F)cc3)nn2C)cc1OC. The van der Waals surface area contributed by atoms with Crippen molar-refractivity contribution < 1.29 is 18.7 Å². The molecule has 29 heavy (non-hydrogen) atoms. The minimum atomic E-state index is -0.309. The van der Waals surface area contributed by atoms with E-state index in [1.54, 1.807) is 56.1 Å². The van der Waals surface area contributed by atoms with Gasteiger partial charge in [-0.25, -0.2) is 4.39 Å². The fourth-order valence-corrected chi connectivity index (χ4v) is 3.06. The van der Waals surface area contributed by atoms with E-state index < -0.39 is 0 Å². The number of benzene rings is 2. The Kier molecular flexibility index (Phi) is 6.16. The van der Waals surface area contributed by atoms with Gasteiger partial charge < -0.3 is 14.4 Å². The molecule has 0 N–H and O–H groups in total. The van der Waals surface area contributed by atoms with E-state index in [-0.39, 0.29) is 11.7 Å². The minimum absolute atomic E-state index is 0.131. The number of hydrogen-bond acceptors (Lipinski definition) is 4. The smallest absolute Gasteiger partial charge is 0.271 e. The molecule has 3 rings (SSSR count). The van der Waals surface area contributed by atoms with Crippen LogP contribution in [0.5, 0.6) is 11.5 Å². The van der Waals surface area contributed by atoms with E-state index >= 15 is 0 Å². The lowest BCUT2D eigenvalue weighted by molar-refractivity contribution is 0.0786. The Morgan fingerprint density at radius 3 is 2.41 bits per heavy atom. The molecule has 3 aromatic rings. The van der Waals surface area contributed by atoms with Crippen LogP contribution in [0, 0.1) is 5.82 Å². The van der Waals surface area contributed by atoms with Gasteiger partial charge in [-0.15, -0.1) is 0 Å². The summed E-state index contributed by atoms with van der Waals surface area (Å²) >= 11 is 0. The highest BCUT2D eigenvalue weighted by molar-refractivity contribution is 5.93. The van der Waals surface area contributed by atoms with Gasteiger partial charge in [-0.3, -0.25) is 9.48 Å². The molecule has 0 atom stereocenters. The first kappa shape index (κ1) is 20.4. The molecule has 7 heteroatoms. The number of carbonyl (C=O) groups is 1. The minimum Gasteiger partial charge on any atom is -0.493 e. The summed E-state index contributed by atoms with van der Waals surface area (Å²) in [5.74, 6) is 0.892. The number of amides is 1. The van der Waals surface area contributed by atoms with Crippen LogP contribution >= 0.6 is 0 Å². The molecule has 152 valence electrons. The molecule has 0 unspecified atom stereocenters. The van der Waals surface area contributed by atoms with E-state index in [0.29, 0.717) is 35.9 Å². The normalized spacial score (nSPS) is 10.7. The van der Waals surface area contributed by atoms with Gasteiger partial charge >= 0.3 is 0 Å². The van der Waals surface area contributed by atoms with Crippen molar-refractivity contribution in [3.05, 3.63) is 65.6 Å². The maximum Gasteiger partial charge on any atom is 0.271 e. The second-order valence-corrected chi connectivity index (χ2v) is 6.71. The van der Waals surface area contributed by atoms with E-state index in [4.69, 9.17) is 9.47 Å². The maximum absolute atomic E-state index is 13.1. The largest absolute Gasteiger partial charge is 0.493 e. The second-order valence-electron chi connectivity index (χ2n) is 6.71. The van der Waals surface area contributed by atoms with E-state index in [9.17, 15) is 9.18 Å². The van der Waals surface area contributed by atoms with Gasteiger partial charge in [-0.2, -0.15) is 5.10 Å². The third kappa shape index (κ3) is 4.56. The zero-order valence-corrected chi connectivity index (χ0v) is 17.0. The van der Waals surface area contributed by atoms with Crippen LogP contribution in [0.15, 0.2) is 48.5 Å². The molecule has 1 amide bonds. The van der Waals surface area contributed by atoms with Crippen LogP contribution in [-0.4, -0.2) is 48.4 Å². The average molecular weight is 397 g/mol. The van der Waals surface area contributed by atoms with Gasteiger partial charge in [0.25, 0.3) is 5.91 Å². The predicted molar refractivity (Wildman–Crippen MR) is 109 cm³/mol. The Morgan fingerprint density at radius 1 is 1.07 bits per heavy atom. The van der Waals surface area contributed by atoms with Gasteiger partial charge in [0.05, 0.1) is 19.9 Å². The molecule has 0 aliphatic heterocycles. The Bertz CT molecular complexity index is 999. The van der Waals surface area contributed by atoms with Crippen molar-refractivity contribution in [1.82, 2.24) is 14.7 Å². The Balaban J connectivity index is 1.70. The lowest BCUT2D eigenvalue weighted by Gasteiger charge is -2.17. The Hall–Kier alpha value is -3.35. The number of aromatic nitrogens is 2. The van der Waals surface area contributed by atoms with Gasteiger partial charge in [0.1, 0.15) is 11.5 Å². The predicted octanol–water partition coefficient (Wildman–Crippen LogP) is 3.56. The van der Waals surface area contributed by atoms with Gasteiger partial charge in [-0.1, -0.05) is 6.07 Å². The van der Waals surface area contributed by atoms with Crippen molar-refractivity contribution in [2.75, 3.05) is 27.8 Å². The van der Waals surface area contributed by atoms with Gasteiger partial charge in [0.15, 0.2) is 11.5 Å². The Labute approximate surface area is 169 Å². The molecule has 0 fully saturated rings. The standard InChI is InChI=1S/C22H24FN3O3/c1-25(12-11-15-5-10-20(28-3)21(13-15)29-4)22(27)19-14-18(24-26(19)2)16-6-8-17(23)9-7-16/h5-10,13-14H,11-12H2,1-4H3. The summed E-state index contributed by atoms with van der Waals surface area (Å²) in [6.07, 6.45) is 0.672. The highest BCUT2D eigenvalue weighted by Gasteiger charge is 2.18. The first-order chi connectivity index (χ1) is 13.9. The molecule has 0 saturated carbocycles. The van der Waals surface area contributed by atoms with E-state index in [1.165, 1.54) is 12.1 Å². The van der Waals surface area contributed by atoms with Crippen molar-refractivity contribution >= 4 is 5.91 Å². The first-order valence-electron chi connectivity index (χ1n) is 9.19. The van der Waals surface area contributed by atoms with Crippen molar-refractivity contribution in [3.63, 3.8) is 0 Å². The summed E-state index contributed by atoms with van der Waals surface area (Å²) in [5, 5.41) is 4.39. The van der Waals surface area contributed by atoms with Crippen LogP contribution in [0.2, 0.25) is 0 Å². The van der Waals surface area contributed by atoms with E-state index in [0.717, 1.165) is 11.1 Å². The van der Waals surface area contributed by atoms with Crippen molar-refractivity contribution in [1.29, 1.82) is 0 Å². The van der Waals surface area contributed by atoms with Gasteiger partial charge in [-0.05, 0) is 54.4 Å². The number of hydrogen-bond donors (Lipinski definition) is 0. The fourth-order valence-electron chi connectivity index (χ4n) is 3.06. The summed E-state index contributed by atoms with van der Waals surface area (Å²) in [6, 6.07) is 13.5. The number of likely N-dealkylation sites (N-methyl/N-ethyl adjacent to an activating group) is 1. The van der Waals surface area contributed by atoms with E-state index in [2.05, 4.69) is 5.10 Å². The lowest BCUT2D eigenvalue weighted by atomic mass is 10.1. The lowest BCUT2D eigenvalue weighted by Crippen LogP contribution is -2.30. The summed E-state index contributed by atoms with van der Waals surface area (Å²) in [6.45, 7) is 0.533. The zero-order valence-electron chi connectivity index (χ0n) is 17.0. The van der Waals surface area contributed by atoms with Gasteiger partial charge in [0, 0.05) is 26.2 Å². The van der Waals surface area contributed by atoms with Crippen molar-refractivity contribution in [2.24, 2.45) is 7.05 Å². The molecular formula is C22H24FN3O3. The third-order valence-corrected chi connectivity index (χ3v) is 4.77.